The molecule has 22 heavy (non-hydrogen) atoms. The summed E-state index contributed by atoms with van der Waals surface area (Å²) in [5, 5.41) is 3.39. The first-order valence-electron chi connectivity index (χ1n) is 7.67. The van der Waals surface area contributed by atoms with Gasteiger partial charge in [0.1, 0.15) is 10.2 Å². The average molecular weight is 370 g/mol. The molecular weight excluding hydrogens is 346 g/mol. The predicted octanol–water partition coefficient (Wildman–Crippen LogP) is 3.90. The monoisotopic (exact) mass is 369 g/mol. The highest BCUT2D eigenvalue weighted by atomic mass is 79.9. The smallest absolute Gasteiger partial charge is 0.410 e. The second-order valence-corrected chi connectivity index (χ2v) is 7.50. The quantitative estimate of drug-likeness (QED) is 0.820. The molecule has 0 spiro atoms. The molecule has 1 saturated heterocycles. The van der Waals surface area contributed by atoms with E-state index in [-0.39, 0.29) is 6.09 Å². The maximum Gasteiger partial charge on any atom is 0.410 e. The summed E-state index contributed by atoms with van der Waals surface area (Å²) in [7, 11) is 0. The molecule has 0 saturated carbocycles. The Balaban J connectivity index is 1.82. The van der Waals surface area contributed by atoms with Gasteiger partial charge in [0.25, 0.3) is 0 Å². The summed E-state index contributed by atoms with van der Waals surface area (Å²) in [6.07, 6.45) is 3.74. The Labute approximate surface area is 140 Å². The zero-order valence-electron chi connectivity index (χ0n) is 13.4. The molecule has 1 aliphatic heterocycles. The number of pyridine rings is 1. The summed E-state index contributed by atoms with van der Waals surface area (Å²) in [6.45, 7) is 8.05. The van der Waals surface area contributed by atoms with Gasteiger partial charge in [0.05, 0.1) is 11.9 Å². The zero-order chi connectivity index (χ0) is 16.2. The number of ether oxygens (including phenoxy) is 1. The standard InChI is InChI=1S/C16H24BrN3O2/c1-16(2,3)22-15(21)20-8-4-5-12(11-20)9-18-13-6-7-14(17)19-10-13/h6-7,10,12,18H,4-5,8-9,11H2,1-3H3. The van der Waals surface area contributed by atoms with Crippen LogP contribution < -0.4 is 5.32 Å². The number of aromatic nitrogens is 1. The Hall–Kier alpha value is -1.30. The average Bonchev–Trinajstić information content (AvgIpc) is 2.45. The van der Waals surface area contributed by atoms with E-state index in [1.54, 1.807) is 6.20 Å². The number of amides is 1. The van der Waals surface area contributed by atoms with Crippen LogP contribution in [0.5, 0.6) is 0 Å². The molecule has 1 aromatic heterocycles. The fourth-order valence-electron chi connectivity index (χ4n) is 2.47. The molecular formula is C16H24BrN3O2. The molecule has 1 amide bonds. The molecule has 0 aromatic carbocycles. The van der Waals surface area contributed by atoms with Crippen molar-refractivity contribution in [3.05, 3.63) is 22.9 Å². The number of nitrogens with zero attached hydrogens (tertiary/aromatic N) is 2. The predicted molar refractivity (Wildman–Crippen MR) is 91.0 cm³/mol. The number of carbonyl (C=O) groups is 1. The van der Waals surface area contributed by atoms with Crippen LogP contribution in [0.15, 0.2) is 22.9 Å². The third-order valence-corrected chi connectivity index (χ3v) is 3.96. The number of hydrogen-bond acceptors (Lipinski definition) is 4. The van der Waals surface area contributed by atoms with E-state index in [0.717, 1.165) is 42.8 Å². The number of carbonyl (C=O) groups excluding carboxylic acids is 1. The molecule has 1 unspecified atom stereocenters. The molecule has 5 nitrogen and oxygen atoms in total. The third-order valence-electron chi connectivity index (χ3n) is 3.49. The SMILES string of the molecule is CC(C)(C)OC(=O)N1CCCC(CNc2ccc(Br)nc2)C1. The van der Waals surface area contributed by atoms with Gasteiger partial charge in [-0.05, 0) is 67.6 Å². The van der Waals surface area contributed by atoms with Crippen LogP contribution >= 0.6 is 15.9 Å². The number of nitrogens with one attached hydrogen (secondary N) is 1. The van der Waals surface area contributed by atoms with Crippen LogP contribution in [0.25, 0.3) is 0 Å². The third kappa shape index (κ3) is 5.48. The molecule has 0 aliphatic carbocycles. The zero-order valence-corrected chi connectivity index (χ0v) is 15.0. The minimum atomic E-state index is -0.439. The highest BCUT2D eigenvalue weighted by molar-refractivity contribution is 9.10. The minimum Gasteiger partial charge on any atom is -0.444 e. The molecule has 1 aromatic rings. The first kappa shape index (κ1) is 17.1. The number of likely N-dealkylation sites (tertiary alicyclic amines) is 1. The Kier molecular flexibility index (Phi) is 5.67. The van der Waals surface area contributed by atoms with E-state index < -0.39 is 5.60 Å². The minimum absolute atomic E-state index is 0.206. The van der Waals surface area contributed by atoms with Crippen LogP contribution in [0.3, 0.4) is 0 Å². The van der Waals surface area contributed by atoms with Crippen molar-refractivity contribution in [2.24, 2.45) is 5.92 Å². The molecule has 0 bridgehead atoms. The summed E-state index contributed by atoms with van der Waals surface area (Å²) in [6, 6.07) is 3.90. The van der Waals surface area contributed by atoms with Crippen molar-refractivity contribution < 1.29 is 9.53 Å². The number of anilines is 1. The second kappa shape index (κ2) is 7.31. The largest absolute Gasteiger partial charge is 0.444 e. The Morgan fingerprint density at radius 3 is 2.91 bits per heavy atom. The maximum atomic E-state index is 12.1. The molecule has 6 heteroatoms. The lowest BCUT2D eigenvalue weighted by atomic mass is 9.98. The van der Waals surface area contributed by atoms with E-state index >= 15 is 0 Å². The van der Waals surface area contributed by atoms with Gasteiger partial charge in [0.2, 0.25) is 0 Å². The first-order valence-corrected chi connectivity index (χ1v) is 8.46. The molecule has 1 atom stereocenters. The van der Waals surface area contributed by atoms with Crippen LogP contribution in [0.1, 0.15) is 33.6 Å². The van der Waals surface area contributed by atoms with Gasteiger partial charge in [-0.3, -0.25) is 0 Å². The normalized spacial score (nSPS) is 18.9. The van der Waals surface area contributed by atoms with E-state index in [2.05, 4.69) is 26.2 Å². The fourth-order valence-corrected chi connectivity index (χ4v) is 2.70. The molecule has 122 valence electrons. The summed E-state index contributed by atoms with van der Waals surface area (Å²) in [5.74, 6) is 0.435. The van der Waals surface area contributed by atoms with Crippen molar-refractivity contribution in [3.8, 4) is 0 Å². The van der Waals surface area contributed by atoms with Crippen molar-refractivity contribution in [3.63, 3.8) is 0 Å². The summed E-state index contributed by atoms with van der Waals surface area (Å²) in [4.78, 5) is 18.2. The molecule has 1 N–H and O–H groups in total. The first-order chi connectivity index (χ1) is 10.3. The van der Waals surface area contributed by atoms with E-state index in [1.807, 2.05) is 37.8 Å². The lowest BCUT2D eigenvalue weighted by Crippen LogP contribution is -2.44. The van der Waals surface area contributed by atoms with Gasteiger partial charge in [0.15, 0.2) is 0 Å². The Morgan fingerprint density at radius 1 is 1.50 bits per heavy atom. The molecule has 1 fully saturated rings. The van der Waals surface area contributed by atoms with Gasteiger partial charge >= 0.3 is 6.09 Å². The van der Waals surface area contributed by atoms with Crippen LogP contribution in [0.2, 0.25) is 0 Å². The Morgan fingerprint density at radius 2 is 2.27 bits per heavy atom. The molecule has 2 rings (SSSR count). The highest BCUT2D eigenvalue weighted by Gasteiger charge is 2.27. The molecule has 2 heterocycles. The summed E-state index contributed by atoms with van der Waals surface area (Å²) in [5.41, 5.74) is 0.559. The lowest BCUT2D eigenvalue weighted by molar-refractivity contribution is 0.0172. The number of hydrogen-bond donors (Lipinski definition) is 1. The van der Waals surface area contributed by atoms with Crippen LogP contribution in [-0.4, -0.2) is 41.2 Å². The van der Waals surface area contributed by atoms with E-state index in [9.17, 15) is 4.79 Å². The van der Waals surface area contributed by atoms with Crippen LogP contribution in [0, 0.1) is 5.92 Å². The number of piperidine rings is 1. The van der Waals surface area contributed by atoms with E-state index in [0.29, 0.717) is 5.92 Å². The second-order valence-electron chi connectivity index (χ2n) is 6.69. The summed E-state index contributed by atoms with van der Waals surface area (Å²) >= 11 is 3.32. The van der Waals surface area contributed by atoms with Crippen molar-refractivity contribution >= 4 is 27.7 Å². The van der Waals surface area contributed by atoms with Crippen molar-refractivity contribution in [1.29, 1.82) is 0 Å². The highest BCUT2D eigenvalue weighted by Crippen LogP contribution is 2.20. The summed E-state index contributed by atoms with van der Waals surface area (Å²) < 4.78 is 6.28. The van der Waals surface area contributed by atoms with Crippen LogP contribution in [0.4, 0.5) is 10.5 Å². The van der Waals surface area contributed by atoms with Gasteiger partial charge < -0.3 is 15.0 Å². The van der Waals surface area contributed by atoms with Gasteiger partial charge in [-0.25, -0.2) is 9.78 Å². The molecule has 0 radical (unpaired) electrons. The fraction of sp³-hybridized carbons (Fsp3) is 0.625. The van der Waals surface area contributed by atoms with E-state index in [4.69, 9.17) is 4.74 Å². The van der Waals surface area contributed by atoms with Gasteiger partial charge in [0, 0.05) is 19.6 Å². The van der Waals surface area contributed by atoms with Gasteiger partial charge in [-0.15, -0.1) is 0 Å². The van der Waals surface area contributed by atoms with Gasteiger partial charge in [-0.2, -0.15) is 0 Å². The van der Waals surface area contributed by atoms with Crippen molar-refractivity contribution in [2.75, 3.05) is 25.0 Å². The number of halogens is 1. The van der Waals surface area contributed by atoms with Crippen molar-refractivity contribution in [2.45, 2.75) is 39.2 Å². The topological polar surface area (TPSA) is 54.5 Å². The van der Waals surface area contributed by atoms with Gasteiger partial charge in [-0.1, -0.05) is 0 Å². The lowest BCUT2D eigenvalue weighted by Gasteiger charge is -2.34. The van der Waals surface area contributed by atoms with E-state index in [1.165, 1.54) is 0 Å². The molecule has 1 aliphatic rings. The Bertz CT molecular complexity index is 499. The maximum absolute atomic E-state index is 12.1. The van der Waals surface area contributed by atoms with Crippen LogP contribution in [-0.2, 0) is 4.74 Å². The van der Waals surface area contributed by atoms with Crippen molar-refractivity contribution in [1.82, 2.24) is 9.88 Å². The number of rotatable bonds is 3.